The predicted octanol–water partition coefficient (Wildman–Crippen LogP) is 7.42. The Morgan fingerprint density at radius 1 is 1.11 bits per heavy atom. The second-order valence-corrected chi connectivity index (χ2v) is 8.81. The number of benzene rings is 3. The van der Waals surface area contributed by atoms with Crippen molar-refractivity contribution in [1.29, 1.82) is 0 Å². The third-order valence-corrected chi connectivity index (χ3v) is 6.07. The van der Waals surface area contributed by atoms with Crippen LogP contribution in [0.15, 0.2) is 77.9 Å². The van der Waals surface area contributed by atoms with Crippen LogP contribution in [-0.4, -0.2) is 25.2 Å². The van der Waals surface area contributed by atoms with E-state index in [0.29, 0.717) is 11.4 Å². The van der Waals surface area contributed by atoms with Gasteiger partial charge >= 0.3 is 0 Å². The molecule has 1 heterocycles. The topological polar surface area (TPSA) is 36.9 Å². The van der Waals surface area contributed by atoms with Gasteiger partial charge in [-0.05, 0) is 62.4 Å². The van der Waals surface area contributed by atoms with E-state index in [9.17, 15) is 13.2 Å². The molecule has 182 valence electrons. The number of nitrogens with one attached hydrogen (secondary N) is 1. The maximum Gasteiger partial charge on any atom is 0.284 e. The minimum atomic E-state index is -3.07. The van der Waals surface area contributed by atoms with Crippen LogP contribution >= 0.6 is 0 Å². The van der Waals surface area contributed by atoms with Crippen molar-refractivity contribution >= 4 is 23.3 Å². The normalized spacial score (nSPS) is 17.5. The maximum atomic E-state index is 14.2. The van der Waals surface area contributed by atoms with E-state index in [0.717, 1.165) is 35.0 Å². The highest BCUT2D eigenvalue weighted by Crippen LogP contribution is 2.46. The molecule has 3 aromatic carbocycles. The lowest BCUT2D eigenvalue weighted by atomic mass is 10.0. The number of aliphatic imine (C=N–C) groups is 1. The minimum Gasteiger partial charge on any atom is -0.483 e. The minimum absolute atomic E-state index is 0.265. The summed E-state index contributed by atoms with van der Waals surface area (Å²) in [5.74, 6) is -2.80. The van der Waals surface area contributed by atoms with Crippen molar-refractivity contribution in [1.82, 2.24) is 0 Å². The average Bonchev–Trinajstić information content (AvgIpc) is 3.06. The first-order valence-corrected chi connectivity index (χ1v) is 11.3. The van der Waals surface area contributed by atoms with Gasteiger partial charge in [-0.2, -0.15) is 0 Å². The molecule has 3 aromatic rings. The number of hydrogen-bond acceptors (Lipinski definition) is 4. The van der Waals surface area contributed by atoms with Crippen LogP contribution in [0.1, 0.15) is 36.6 Å². The number of aryl methyl sites for hydroxylation is 1. The number of halogens is 3. The highest BCUT2D eigenvalue weighted by Gasteiger charge is 2.43. The summed E-state index contributed by atoms with van der Waals surface area (Å²) in [6, 6.07) is 16.9. The Bertz CT molecular complexity index is 1270. The molecule has 0 spiro atoms. The zero-order valence-electron chi connectivity index (χ0n) is 20.1. The Morgan fingerprint density at radius 2 is 1.83 bits per heavy atom. The van der Waals surface area contributed by atoms with Gasteiger partial charge in [0.2, 0.25) is 0 Å². The van der Waals surface area contributed by atoms with Gasteiger partial charge in [-0.15, -0.1) is 0 Å². The lowest BCUT2D eigenvalue weighted by molar-refractivity contribution is 0.0582. The van der Waals surface area contributed by atoms with Gasteiger partial charge in [0.15, 0.2) is 0 Å². The molecular weight excluding hydrogens is 451 g/mol. The quantitative estimate of drug-likeness (QED) is 0.358. The van der Waals surface area contributed by atoms with E-state index >= 15 is 0 Å². The van der Waals surface area contributed by atoms with Crippen LogP contribution in [0.5, 0.6) is 5.75 Å². The fourth-order valence-electron chi connectivity index (χ4n) is 4.31. The Labute approximate surface area is 203 Å². The number of nitrogens with zero attached hydrogens (tertiary/aromatic N) is 2. The Kier molecular flexibility index (Phi) is 6.61. The van der Waals surface area contributed by atoms with Crippen molar-refractivity contribution in [2.75, 3.05) is 17.3 Å². The molecule has 0 unspecified atom stereocenters. The van der Waals surface area contributed by atoms with Crippen LogP contribution in [-0.2, 0) is 0 Å². The summed E-state index contributed by atoms with van der Waals surface area (Å²) >= 11 is 0. The van der Waals surface area contributed by atoms with E-state index in [4.69, 9.17) is 4.74 Å². The molecule has 4 nitrogen and oxygen atoms in total. The van der Waals surface area contributed by atoms with Crippen LogP contribution in [0.4, 0.5) is 30.2 Å². The molecule has 0 radical (unpaired) electrons. The smallest absolute Gasteiger partial charge is 0.284 e. The molecule has 1 N–H and O–H groups in total. The predicted molar refractivity (Wildman–Crippen MR) is 136 cm³/mol. The summed E-state index contributed by atoms with van der Waals surface area (Å²) in [6.45, 7) is 8.36. The van der Waals surface area contributed by atoms with Gasteiger partial charge in [0, 0.05) is 48.4 Å². The molecule has 0 fully saturated rings. The standard InChI is InChI=1S/C28H28F3N3O/c1-17-6-13-26-24(14-17)27(18(2)34(26)19(3)28(4,30)31)35-23-11-12-25(20(15-23)16-32-5)33-22-9-7-21(29)8-10-22/h6-16,18,27,33H,3H2,1-2,4-5H3/t18-,27-/m0/s1. The van der Waals surface area contributed by atoms with Gasteiger partial charge in [0.25, 0.3) is 5.92 Å². The number of hydrogen-bond donors (Lipinski definition) is 1. The summed E-state index contributed by atoms with van der Waals surface area (Å²) in [4.78, 5) is 5.70. The van der Waals surface area contributed by atoms with E-state index in [2.05, 4.69) is 16.9 Å². The number of alkyl halides is 2. The fourth-order valence-corrected chi connectivity index (χ4v) is 4.31. The Hall–Kier alpha value is -3.74. The van der Waals surface area contributed by atoms with Gasteiger partial charge in [-0.25, -0.2) is 13.2 Å². The van der Waals surface area contributed by atoms with Crippen LogP contribution < -0.4 is 15.0 Å². The Balaban J connectivity index is 1.66. The number of ether oxygens (including phenoxy) is 1. The molecule has 0 saturated heterocycles. The van der Waals surface area contributed by atoms with Gasteiger partial charge < -0.3 is 15.0 Å². The first kappa shape index (κ1) is 24.4. The summed E-state index contributed by atoms with van der Waals surface area (Å²) in [6.07, 6.45) is 1.21. The van der Waals surface area contributed by atoms with Gasteiger partial charge in [0.1, 0.15) is 17.7 Å². The average molecular weight is 480 g/mol. The second kappa shape index (κ2) is 9.49. The van der Waals surface area contributed by atoms with Crippen molar-refractivity contribution in [2.45, 2.75) is 38.8 Å². The van der Waals surface area contributed by atoms with Crippen molar-refractivity contribution in [3.63, 3.8) is 0 Å². The highest BCUT2D eigenvalue weighted by atomic mass is 19.3. The lowest BCUT2D eigenvalue weighted by Gasteiger charge is -2.31. The molecule has 0 saturated carbocycles. The summed E-state index contributed by atoms with van der Waals surface area (Å²) in [5.41, 5.74) is 4.52. The number of allylic oxidation sites excluding steroid dienone is 1. The van der Waals surface area contributed by atoms with Gasteiger partial charge in [0.05, 0.1) is 11.7 Å². The molecule has 0 amide bonds. The zero-order chi connectivity index (χ0) is 25.3. The molecule has 0 bridgehead atoms. The van der Waals surface area contributed by atoms with Crippen molar-refractivity contribution in [2.24, 2.45) is 4.99 Å². The van der Waals surface area contributed by atoms with Crippen LogP contribution in [0.25, 0.3) is 0 Å². The van der Waals surface area contributed by atoms with E-state index in [-0.39, 0.29) is 11.5 Å². The molecule has 0 aliphatic carbocycles. The second-order valence-electron chi connectivity index (χ2n) is 8.81. The van der Waals surface area contributed by atoms with Crippen LogP contribution in [0, 0.1) is 12.7 Å². The van der Waals surface area contributed by atoms with E-state index < -0.39 is 18.1 Å². The molecule has 4 rings (SSSR count). The Morgan fingerprint density at radius 3 is 2.49 bits per heavy atom. The molecular formula is C28H28F3N3O. The number of fused-ring (bicyclic) bond motifs is 1. The van der Waals surface area contributed by atoms with Gasteiger partial charge in [-0.1, -0.05) is 24.3 Å². The third-order valence-electron chi connectivity index (χ3n) is 6.07. The molecule has 1 aliphatic heterocycles. The van der Waals surface area contributed by atoms with Crippen LogP contribution in [0.3, 0.4) is 0 Å². The molecule has 2 atom stereocenters. The monoisotopic (exact) mass is 479 g/mol. The largest absolute Gasteiger partial charge is 0.483 e. The highest BCUT2D eigenvalue weighted by molar-refractivity contribution is 5.89. The van der Waals surface area contributed by atoms with Crippen molar-refractivity contribution in [3.8, 4) is 5.75 Å². The third kappa shape index (κ3) is 5.04. The summed E-state index contributed by atoms with van der Waals surface area (Å²) in [7, 11) is 1.67. The maximum absolute atomic E-state index is 14.2. The molecule has 7 heteroatoms. The number of anilines is 3. The lowest BCUT2D eigenvalue weighted by Crippen LogP contribution is -2.38. The number of rotatable bonds is 7. The molecule has 1 aliphatic rings. The summed E-state index contributed by atoms with van der Waals surface area (Å²) in [5, 5.41) is 3.26. The zero-order valence-corrected chi connectivity index (χ0v) is 20.1. The molecule has 0 aromatic heterocycles. The van der Waals surface area contributed by atoms with Crippen molar-refractivity contribution in [3.05, 3.63) is 95.4 Å². The first-order valence-electron chi connectivity index (χ1n) is 11.3. The van der Waals surface area contributed by atoms with Crippen molar-refractivity contribution < 1.29 is 17.9 Å². The fraction of sp³-hybridized carbons (Fsp3) is 0.250. The molecule has 35 heavy (non-hydrogen) atoms. The van der Waals surface area contributed by atoms with E-state index in [1.807, 2.05) is 50.2 Å². The van der Waals surface area contributed by atoms with E-state index in [1.165, 1.54) is 12.1 Å². The first-order chi connectivity index (χ1) is 16.6. The SMILES string of the molecule is C=C(N1c2ccc(C)cc2[C@@H](Oc2ccc(Nc3ccc(F)cc3)c(C=NC)c2)[C@@H]1C)C(C)(F)F. The summed E-state index contributed by atoms with van der Waals surface area (Å²) < 4.78 is 48.1. The van der Waals surface area contributed by atoms with Crippen LogP contribution in [0.2, 0.25) is 0 Å². The van der Waals surface area contributed by atoms with Gasteiger partial charge in [-0.3, -0.25) is 4.99 Å². The van der Waals surface area contributed by atoms with E-state index in [1.54, 1.807) is 30.3 Å².